The largest absolute Gasteiger partial charge is 0.497 e. The second-order valence-corrected chi connectivity index (χ2v) is 8.41. The molecule has 1 aliphatic heterocycles. The minimum atomic E-state index is -3.46. The van der Waals surface area contributed by atoms with Gasteiger partial charge in [0.25, 0.3) is 0 Å². The maximum absolute atomic E-state index is 12.3. The number of carbonyl (C=O) groups is 1. The number of hydrazone groups is 1. The lowest BCUT2D eigenvalue weighted by molar-refractivity contribution is -0.130. The number of ether oxygens (including phenoxy) is 2. The number of carbonyl (C=O) groups excluding carboxylic acids is 1. The first kappa shape index (κ1) is 20.7. The van der Waals surface area contributed by atoms with Gasteiger partial charge in [-0.15, -0.1) is 0 Å². The number of para-hydroxylation sites is 1. The Labute approximate surface area is 170 Å². The highest BCUT2D eigenvalue weighted by atomic mass is 32.2. The minimum absolute atomic E-state index is 0.226. The van der Waals surface area contributed by atoms with Gasteiger partial charge in [-0.1, -0.05) is 18.2 Å². The van der Waals surface area contributed by atoms with Crippen LogP contribution in [0.25, 0.3) is 0 Å². The Morgan fingerprint density at radius 3 is 2.52 bits per heavy atom. The van der Waals surface area contributed by atoms with Gasteiger partial charge in [-0.25, -0.2) is 13.4 Å². The van der Waals surface area contributed by atoms with Crippen LogP contribution in [-0.2, 0) is 14.8 Å². The normalized spacial score (nSPS) is 16.3. The molecule has 9 heteroatoms. The van der Waals surface area contributed by atoms with Crippen LogP contribution < -0.4 is 14.2 Å². The highest BCUT2D eigenvalue weighted by molar-refractivity contribution is 7.92. The van der Waals surface area contributed by atoms with Gasteiger partial charge in [0, 0.05) is 30.5 Å². The summed E-state index contributed by atoms with van der Waals surface area (Å²) in [4.78, 5) is 12.3. The van der Waals surface area contributed by atoms with Crippen molar-refractivity contribution in [3.05, 3.63) is 53.6 Å². The van der Waals surface area contributed by atoms with E-state index in [2.05, 4.69) is 9.82 Å². The predicted octanol–water partition coefficient (Wildman–Crippen LogP) is 2.77. The number of methoxy groups -OCH3 is 2. The van der Waals surface area contributed by atoms with Crippen molar-refractivity contribution in [1.29, 1.82) is 0 Å². The number of hydrogen-bond acceptors (Lipinski definition) is 6. The topological polar surface area (TPSA) is 97.3 Å². The minimum Gasteiger partial charge on any atom is -0.497 e. The van der Waals surface area contributed by atoms with Crippen LogP contribution in [0.5, 0.6) is 11.5 Å². The number of sulfonamides is 1. The molecule has 0 aliphatic carbocycles. The van der Waals surface area contributed by atoms with Crippen LogP contribution >= 0.6 is 0 Å². The summed E-state index contributed by atoms with van der Waals surface area (Å²) < 4.78 is 36.7. The standard InChI is InChI=1S/C20H23N3O5S/c1-13(24)23-19(16-10-9-14(27-2)11-20(16)28-3)12-18(21-23)15-7-5-6-8-17(15)22-29(4,25)26/h5-11,19,22H,12H2,1-4H3/t19-/m0/s1. The molecule has 0 radical (unpaired) electrons. The van der Waals surface area contributed by atoms with Crippen LogP contribution in [0.2, 0.25) is 0 Å². The molecule has 1 N–H and O–H groups in total. The molecule has 1 atom stereocenters. The number of anilines is 1. The highest BCUT2D eigenvalue weighted by Crippen LogP contribution is 2.39. The third kappa shape index (κ3) is 4.51. The number of amides is 1. The Balaban J connectivity index is 2.02. The molecule has 1 aliphatic rings. The van der Waals surface area contributed by atoms with E-state index in [1.807, 2.05) is 6.07 Å². The Morgan fingerprint density at radius 1 is 1.17 bits per heavy atom. The van der Waals surface area contributed by atoms with E-state index in [0.29, 0.717) is 34.9 Å². The molecule has 0 unspecified atom stereocenters. The maximum atomic E-state index is 12.3. The molecule has 1 amide bonds. The van der Waals surface area contributed by atoms with Crippen molar-refractivity contribution in [2.75, 3.05) is 25.2 Å². The van der Waals surface area contributed by atoms with Crippen LogP contribution in [0, 0.1) is 0 Å². The summed E-state index contributed by atoms with van der Waals surface area (Å²) in [5.74, 6) is 0.998. The molecule has 2 aromatic carbocycles. The fourth-order valence-electron chi connectivity index (χ4n) is 3.32. The third-order valence-corrected chi connectivity index (χ3v) is 5.16. The zero-order chi connectivity index (χ0) is 21.2. The van der Waals surface area contributed by atoms with Crippen molar-refractivity contribution < 1.29 is 22.7 Å². The van der Waals surface area contributed by atoms with E-state index in [1.165, 1.54) is 11.9 Å². The summed E-state index contributed by atoms with van der Waals surface area (Å²) in [5.41, 5.74) is 2.43. The molecule has 0 bridgehead atoms. The quantitative estimate of drug-likeness (QED) is 0.779. The van der Waals surface area contributed by atoms with Gasteiger partial charge in [-0.05, 0) is 18.2 Å². The van der Waals surface area contributed by atoms with Crippen LogP contribution in [0.1, 0.15) is 30.5 Å². The first-order chi connectivity index (χ1) is 13.7. The molecule has 0 saturated heterocycles. The molecule has 0 spiro atoms. The fraction of sp³-hybridized carbons (Fsp3) is 0.300. The van der Waals surface area contributed by atoms with Crippen LogP contribution in [0.15, 0.2) is 47.6 Å². The van der Waals surface area contributed by atoms with E-state index in [0.717, 1.165) is 11.8 Å². The fourth-order valence-corrected chi connectivity index (χ4v) is 3.90. The van der Waals surface area contributed by atoms with Crippen molar-refractivity contribution in [2.45, 2.75) is 19.4 Å². The molecule has 2 aromatic rings. The monoisotopic (exact) mass is 417 g/mol. The second-order valence-electron chi connectivity index (χ2n) is 6.66. The first-order valence-electron chi connectivity index (χ1n) is 8.90. The maximum Gasteiger partial charge on any atom is 0.240 e. The van der Waals surface area contributed by atoms with Crippen LogP contribution in [0.3, 0.4) is 0 Å². The molecule has 1 heterocycles. The Bertz CT molecular complexity index is 1070. The number of rotatable bonds is 6. The van der Waals surface area contributed by atoms with Crippen molar-refractivity contribution >= 4 is 27.3 Å². The molecule has 154 valence electrons. The van der Waals surface area contributed by atoms with Gasteiger partial charge in [-0.3, -0.25) is 9.52 Å². The van der Waals surface area contributed by atoms with Crippen molar-refractivity contribution in [3.8, 4) is 11.5 Å². The Hall–Kier alpha value is -3.07. The van der Waals surface area contributed by atoms with E-state index in [-0.39, 0.29) is 11.9 Å². The summed E-state index contributed by atoms with van der Waals surface area (Å²) in [6.45, 7) is 1.44. The molecule has 0 fully saturated rings. The average molecular weight is 417 g/mol. The smallest absolute Gasteiger partial charge is 0.240 e. The Morgan fingerprint density at radius 2 is 1.90 bits per heavy atom. The molecular formula is C20H23N3O5S. The zero-order valence-electron chi connectivity index (χ0n) is 16.7. The van der Waals surface area contributed by atoms with Gasteiger partial charge < -0.3 is 9.47 Å². The lowest BCUT2D eigenvalue weighted by Gasteiger charge is -2.22. The summed E-state index contributed by atoms with van der Waals surface area (Å²) in [5, 5.41) is 5.90. The highest BCUT2D eigenvalue weighted by Gasteiger charge is 2.34. The van der Waals surface area contributed by atoms with Crippen molar-refractivity contribution in [1.82, 2.24) is 5.01 Å². The summed E-state index contributed by atoms with van der Waals surface area (Å²) >= 11 is 0. The van der Waals surface area contributed by atoms with E-state index < -0.39 is 10.0 Å². The van der Waals surface area contributed by atoms with Gasteiger partial charge in [0.15, 0.2) is 0 Å². The van der Waals surface area contributed by atoms with Gasteiger partial charge in [0.1, 0.15) is 11.5 Å². The lowest BCUT2D eigenvalue weighted by atomic mass is 9.97. The Kier molecular flexibility index (Phi) is 5.78. The third-order valence-electron chi connectivity index (χ3n) is 4.57. The van der Waals surface area contributed by atoms with Crippen molar-refractivity contribution in [2.24, 2.45) is 5.10 Å². The van der Waals surface area contributed by atoms with Gasteiger partial charge in [0.05, 0.1) is 37.9 Å². The summed E-state index contributed by atoms with van der Waals surface area (Å²) in [6.07, 6.45) is 1.50. The number of nitrogens with one attached hydrogen (secondary N) is 1. The molecular weight excluding hydrogens is 394 g/mol. The van der Waals surface area contributed by atoms with E-state index in [1.54, 1.807) is 50.6 Å². The van der Waals surface area contributed by atoms with E-state index in [9.17, 15) is 13.2 Å². The number of benzene rings is 2. The number of hydrogen-bond donors (Lipinski definition) is 1. The van der Waals surface area contributed by atoms with Gasteiger partial charge >= 0.3 is 0 Å². The van der Waals surface area contributed by atoms with E-state index >= 15 is 0 Å². The van der Waals surface area contributed by atoms with Crippen LogP contribution in [-0.4, -0.2) is 45.5 Å². The first-order valence-corrected chi connectivity index (χ1v) is 10.8. The lowest BCUT2D eigenvalue weighted by Crippen LogP contribution is -2.24. The van der Waals surface area contributed by atoms with Gasteiger partial charge in [0.2, 0.25) is 15.9 Å². The number of nitrogens with zero attached hydrogens (tertiary/aromatic N) is 2. The predicted molar refractivity (Wildman–Crippen MR) is 111 cm³/mol. The molecule has 8 nitrogen and oxygen atoms in total. The van der Waals surface area contributed by atoms with Crippen LogP contribution in [0.4, 0.5) is 5.69 Å². The second kappa shape index (κ2) is 8.12. The summed E-state index contributed by atoms with van der Waals surface area (Å²) in [6, 6.07) is 12.0. The van der Waals surface area contributed by atoms with Crippen molar-refractivity contribution in [3.63, 3.8) is 0 Å². The van der Waals surface area contributed by atoms with E-state index in [4.69, 9.17) is 9.47 Å². The molecule has 29 heavy (non-hydrogen) atoms. The summed E-state index contributed by atoms with van der Waals surface area (Å²) in [7, 11) is -0.340. The van der Waals surface area contributed by atoms with Gasteiger partial charge in [-0.2, -0.15) is 5.10 Å². The molecule has 0 saturated carbocycles. The SMILES string of the molecule is COc1ccc([C@@H]2CC(c3ccccc3NS(C)(=O)=O)=NN2C(C)=O)c(OC)c1. The zero-order valence-corrected chi connectivity index (χ0v) is 17.5. The molecule has 0 aromatic heterocycles. The molecule has 3 rings (SSSR count). The average Bonchev–Trinajstić information content (AvgIpc) is 3.12.